The number of para-hydroxylation sites is 1. The number of hydrogen-bond donors (Lipinski definition) is 1. The molecule has 30 heavy (non-hydrogen) atoms. The van der Waals surface area contributed by atoms with Gasteiger partial charge in [0, 0.05) is 17.6 Å². The summed E-state index contributed by atoms with van der Waals surface area (Å²) in [6.45, 7) is 3.93. The molecule has 3 rings (SSSR count). The van der Waals surface area contributed by atoms with Gasteiger partial charge in [0.15, 0.2) is 0 Å². The predicted octanol–water partition coefficient (Wildman–Crippen LogP) is 4.86. The van der Waals surface area contributed by atoms with Crippen LogP contribution in [0.1, 0.15) is 11.1 Å². The Labute approximate surface area is 182 Å². The van der Waals surface area contributed by atoms with Gasteiger partial charge < -0.3 is 5.32 Å². The molecule has 0 saturated carbocycles. The average Bonchev–Trinajstić information content (AvgIpc) is 2.75. The zero-order valence-corrected chi connectivity index (χ0v) is 18.8. The van der Waals surface area contributed by atoms with Crippen LogP contribution in [0.3, 0.4) is 0 Å². The molecule has 0 spiro atoms. The number of benzene rings is 3. The van der Waals surface area contributed by atoms with Crippen molar-refractivity contribution in [1.82, 2.24) is 0 Å². The lowest BCUT2D eigenvalue weighted by molar-refractivity contribution is -0.113. The summed E-state index contributed by atoms with van der Waals surface area (Å²) in [4.78, 5) is 13.3. The molecular weight excluding hydrogens is 416 g/mol. The molecule has 3 aromatic carbocycles. The third kappa shape index (κ3) is 5.23. The average molecular weight is 441 g/mol. The molecule has 0 saturated heterocycles. The molecule has 0 fully saturated rings. The van der Waals surface area contributed by atoms with Crippen LogP contribution in [0.5, 0.6) is 0 Å². The summed E-state index contributed by atoms with van der Waals surface area (Å²) in [5.41, 5.74) is 3.50. The molecule has 0 atom stereocenters. The van der Waals surface area contributed by atoms with Crippen LogP contribution in [0.2, 0.25) is 0 Å². The Morgan fingerprint density at radius 3 is 2.30 bits per heavy atom. The van der Waals surface area contributed by atoms with E-state index < -0.39 is 10.0 Å². The SMILES string of the molecule is Cc1ccc(C)c(NC(=O)CSc2ccc(S(=O)(=O)N(C)c3ccccc3)cc2)c1. The molecule has 3 aromatic rings. The maximum Gasteiger partial charge on any atom is 0.264 e. The molecule has 0 aromatic heterocycles. The largest absolute Gasteiger partial charge is 0.325 e. The highest BCUT2D eigenvalue weighted by molar-refractivity contribution is 8.00. The van der Waals surface area contributed by atoms with Gasteiger partial charge in [0.1, 0.15) is 0 Å². The van der Waals surface area contributed by atoms with Gasteiger partial charge in [-0.1, -0.05) is 30.3 Å². The minimum absolute atomic E-state index is 0.103. The molecule has 1 N–H and O–H groups in total. The molecule has 0 aliphatic carbocycles. The van der Waals surface area contributed by atoms with Crippen molar-refractivity contribution in [2.45, 2.75) is 23.6 Å². The van der Waals surface area contributed by atoms with Gasteiger partial charge >= 0.3 is 0 Å². The second-order valence-corrected chi connectivity index (χ2v) is 9.95. The number of nitrogens with zero attached hydrogens (tertiary/aromatic N) is 1. The smallest absolute Gasteiger partial charge is 0.264 e. The van der Waals surface area contributed by atoms with Crippen molar-refractivity contribution in [3.8, 4) is 0 Å². The van der Waals surface area contributed by atoms with Crippen LogP contribution in [-0.2, 0) is 14.8 Å². The van der Waals surface area contributed by atoms with Crippen LogP contribution < -0.4 is 9.62 Å². The molecule has 0 aliphatic heterocycles. The van der Waals surface area contributed by atoms with Crippen molar-refractivity contribution in [3.63, 3.8) is 0 Å². The Hall–Kier alpha value is -2.77. The summed E-state index contributed by atoms with van der Waals surface area (Å²) in [7, 11) is -2.11. The molecule has 0 radical (unpaired) electrons. The Balaban J connectivity index is 1.63. The summed E-state index contributed by atoms with van der Waals surface area (Å²) >= 11 is 1.36. The quantitative estimate of drug-likeness (QED) is 0.533. The number of thioether (sulfide) groups is 1. The van der Waals surface area contributed by atoms with E-state index in [2.05, 4.69) is 5.32 Å². The molecule has 156 valence electrons. The van der Waals surface area contributed by atoms with E-state index in [9.17, 15) is 13.2 Å². The first-order valence-corrected chi connectivity index (χ1v) is 11.8. The van der Waals surface area contributed by atoms with Crippen LogP contribution in [0.15, 0.2) is 82.6 Å². The van der Waals surface area contributed by atoms with E-state index in [-0.39, 0.29) is 16.6 Å². The molecule has 1 amide bonds. The third-order valence-corrected chi connectivity index (χ3v) is 7.45. The molecule has 0 heterocycles. The topological polar surface area (TPSA) is 66.5 Å². The van der Waals surface area contributed by atoms with Gasteiger partial charge in [-0.3, -0.25) is 9.10 Å². The highest BCUT2D eigenvalue weighted by atomic mass is 32.2. The van der Waals surface area contributed by atoms with Crippen molar-refractivity contribution >= 4 is 39.1 Å². The highest BCUT2D eigenvalue weighted by Crippen LogP contribution is 2.25. The van der Waals surface area contributed by atoms with E-state index in [0.29, 0.717) is 5.69 Å². The minimum atomic E-state index is -3.64. The first-order chi connectivity index (χ1) is 14.3. The maximum absolute atomic E-state index is 12.8. The Kier molecular flexibility index (Phi) is 6.84. The van der Waals surface area contributed by atoms with Crippen molar-refractivity contribution < 1.29 is 13.2 Å². The lowest BCUT2D eigenvalue weighted by atomic mass is 10.1. The summed E-state index contributed by atoms with van der Waals surface area (Å²) in [5, 5.41) is 2.93. The lowest BCUT2D eigenvalue weighted by Crippen LogP contribution is -2.26. The van der Waals surface area contributed by atoms with Crippen LogP contribution in [0, 0.1) is 13.8 Å². The number of hydrogen-bond acceptors (Lipinski definition) is 4. The monoisotopic (exact) mass is 440 g/mol. The van der Waals surface area contributed by atoms with E-state index >= 15 is 0 Å². The van der Waals surface area contributed by atoms with Gasteiger partial charge in [-0.05, 0) is 67.4 Å². The van der Waals surface area contributed by atoms with Gasteiger partial charge in [0.05, 0.1) is 16.3 Å². The maximum atomic E-state index is 12.8. The first-order valence-electron chi connectivity index (χ1n) is 9.41. The number of nitrogens with one attached hydrogen (secondary N) is 1. The van der Waals surface area contributed by atoms with Gasteiger partial charge in [0.2, 0.25) is 5.91 Å². The van der Waals surface area contributed by atoms with E-state index in [1.54, 1.807) is 48.5 Å². The van der Waals surface area contributed by atoms with E-state index in [1.807, 2.05) is 38.1 Å². The lowest BCUT2D eigenvalue weighted by Gasteiger charge is -2.19. The number of aryl methyl sites for hydroxylation is 2. The molecule has 0 bridgehead atoms. The summed E-state index contributed by atoms with van der Waals surface area (Å²) in [6.07, 6.45) is 0. The Morgan fingerprint density at radius 1 is 0.967 bits per heavy atom. The van der Waals surface area contributed by atoms with Gasteiger partial charge in [0.25, 0.3) is 10.0 Å². The molecule has 7 heteroatoms. The second-order valence-electron chi connectivity index (χ2n) is 6.93. The van der Waals surface area contributed by atoms with Gasteiger partial charge in [-0.2, -0.15) is 0 Å². The molecule has 0 unspecified atom stereocenters. The van der Waals surface area contributed by atoms with E-state index in [0.717, 1.165) is 21.7 Å². The standard InChI is InChI=1S/C23H24N2O3S2/c1-17-9-10-18(2)22(15-17)24-23(26)16-29-20-11-13-21(14-12-20)30(27,28)25(3)19-7-5-4-6-8-19/h4-15H,16H2,1-3H3,(H,24,26). The van der Waals surface area contributed by atoms with Gasteiger partial charge in [-0.15, -0.1) is 11.8 Å². The zero-order valence-electron chi connectivity index (χ0n) is 17.1. The minimum Gasteiger partial charge on any atom is -0.325 e. The number of amides is 1. The number of sulfonamides is 1. The van der Waals surface area contributed by atoms with E-state index in [1.165, 1.54) is 23.1 Å². The predicted molar refractivity (Wildman–Crippen MR) is 124 cm³/mol. The number of anilines is 2. The zero-order chi connectivity index (χ0) is 21.7. The fourth-order valence-corrected chi connectivity index (χ4v) is 4.74. The van der Waals surface area contributed by atoms with Crippen LogP contribution in [0.25, 0.3) is 0 Å². The van der Waals surface area contributed by atoms with Gasteiger partial charge in [-0.25, -0.2) is 8.42 Å². The van der Waals surface area contributed by atoms with Crippen LogP contribution in [0.4, 0.5) is 11.4 Å². The summed E-state index contributed by atoms with van der Waals surface area (Å²) < 4.78 is 26.9. The fourth-order valence-electron chi connectivity index (χ4n) is 2.85. The first kappa shape index (κ1) is 21.9. The number of rotatable bonds is 7. The fraction of sp³-hybridized carbons (Fsp3) is 0.174. The number of carbonyl (C=O) groups is 1. The second kappa shape index (κ2) is 9.36. The van der Waals surface area contributed by atoms with Crippen molar-refractivity contribution in [1.29, 1.82) is 0 Å². The summed E-state index contributed by atoms with van der Waals surface area (Å²) in [6, 6.07) is 21.4. The normalized spacial score (nSPS) is 11.2. The Morgan fingerprint density at radius 2 is 1.63 bits per heavy atom. The van der Waals surface area contributed by atoms with Crippen LogP contribution in [-0.4, -0.2) is 27.1 Å². The Bertz CT molecular complexity index is 1130. The number of carbonyl (C=O) groups excluding carboxylic acids is 1. The molecular formula is C23H24N2O3S2. The van der Waals surface area contributed by atoms with Crippen LogP contribution >= 0.6 is 11.8 Å². The highest BCUT2D eigenvalue weighted by Gasteiger charge is 2.21. The summed E-state index contributed by atoms with van der Waals surface area (Å²) in [5.74, 6) is 0.137. The van der Waals surface area contributed by atoms with Crippen molar-refractivity contribution in [2.75, 3.05) is 22.4 Å². The van der Waals surface area contributed by atoms with E-state index in [4.69, 9.17) is 0 Å². The third-order valence-electron chi connectivity index (χ3n) is 4.64. The van der Waals surface area contributed by atoms with Crippen molar-refractivity contribution in [3.05, 3.63) is 83.9 Å². The van der Waals surface area contributed by atoms with Crippen molar-refractivity contribution in [2.24, 2.45) is 0 Å². The molecule has 0 aliphatic rings. The molecule has 5 nitrogen and oxygen atoms in total.